The zero-order chi connectivity index (χ0) is 28.5. The Morgan fingerprint density at radius 1 is 1.28 bits per heavy atom. The average molecular weight is 623 g/mol. The third kappa shape index (κ3) is 4.96. The smallest absolute Gasteiger partial charge is 0.253 e. The van der Waals surface area contributed by atoms with Crippen LogP contribution in [0.4, 0.5) is 5.69 Å². The molecule has 212 valence electrons. The minimum atomic E-state index is -1.19. The molecule has 1 aromatic rings. The number of nitrogens with zero attached hydrogens (tertiary/aromatic N) is 3. The van der Waals surface area contributed by atoms with Gasteiger partial charge in [0.1, 0.15) is 11.6 Å². The van der Waals surface area contributed by atoms with Crippen LogP contribution in [0.5, 0.6) is 0 Å². The van der Waals surface area contributed by atoms with Gasteiger partial charge in [-0.2, -0.15) is 0 Å². The number of aliphatic hydroxyl groups excluding tert-OH is 1. The number of fused-ring (bicyclic) bond motifs is 1. The highest BCUT2D eigenvalue weighted by molar-refractivity contribution is 9.09. The molecule has 0 saturated carbocycles. The van der Waals surface area contributed by atoms with Crippen molar-refractivity contribution in [3.63, 3.8) is 0 Å². The number of likely N-dealkylation sites (tertiary alicyclic amines) is 1. The van der Waals surface area contributed by atoms with Crippen molar-refractivity contribution in [2.75, 3.05) is 37.7 Å². The number of benzene rings is 1. The molecular weight excluding hydrogens is 586 g/mol. The SMILES string of the molecule is C=CCN(CCC)C(=O)[C@H]1[C@@H]2OC3(CC2Br)C(C(=O)N(CC=C)c2c(C)cccc2Cl)N(CCCO)C(=O)[C@H]13. The average Bonchev–Trinajstić information content (AvgIpc) is 3.49. The van der Waals surface area contributed by atoms with E-state index >= 15 is 0 Å². The van der Waals surface area contributed by atoms with E-state index in [4.69, 9.17) is 16.3 Å². The zero-order valence-corrected chi connectivity index (χ0v) is 24.9. The molecule has 0 aromatic heterocycles. The molecule has 3 saturated heterocycles. The Balaban J connectivity index is 1.81. The van der Waals surface area contributed by atoms with Crippen molar-refractivity contribution in [1.82, 2.24) is 9.80 Å². The molecule has 4 rings (SSSR count). The second-order valence-electron chi connectivity index (χ2n) is 10.5. The summed E-state index contributed by atoms with van der Waals surface area (Å²) in [7, 11) is 0. The summed E-state index contributed by atoms with van der Waals surface area (Å²) in [4.78, 5) is 47.2. The number of carbonyl (C=O) groups excluding carboxylic acids is 3. The maximum atomic E-state index is 14.6. The van der Waals surface area contributed by atoms with E-state index < -0.39 is 29.6 Å². The first-order valence-corrected chi connectivity index (χ1v) is 14.8. The van der Waals surface area contributed by atoms with Gasteiger partial charge in [0.25, 0.3) is 5.91 Å². The highest BCUT2D eigenvalue weighted by Gasteiger charge is 2.76. The largest absolute Gasteiger partial charge is 0.396 e. The van der Waals surface area contributed by atoms with Crippen LogP contribution in [0.2, 0.25) is 5.02 Å². The number of alkyl halides is 1. The summed E-state index contributed by atoms with van der Waals surface area (Å²) in [6.45, 7) is 12.6. The molecule has 39 heavy (non-hydrogen) atoms. The lowest BCUT2D eigenvalue weighted by atomic mass is 9.70. The first kappa shape index (κ1) is 29.8. The molecule has 0 aliphatic carbocycles. The second kappa shape index (κ2) is 12.1. The molecule has 0 radical (unpaired) electrons. The summed E-state index contributed by atoms with van der Waals surface area (Å²) in [6.07, 6.45) is 4.22. The quantitative estimate of drug-likeness (QED) is 0.284. The Bertz CT molecular complexity index is 1130. The minimum absolute atomic E-state index is 0.140. The fourth-order valence-corrected chi connectivity index (χ4v) is 7.90. The molecule has 3 aliphatic rings. The Kier molecular flexibility index (Phi) is 9.26. The van der Waals surface area contributed by atoms with Gasteiger partial charge in [0.15, 0.2) is 0 Å². The highest BCUT2D eigenvalue weighted by Crippen LogP contribution is 2.60. The van der Waals surface area contributed by atoms with E-state index in [9.17, 15) is 19.5 Å². The van der Waals surface area contributed by atoms with Crippen molar-refractivity contribution in [3.8, 4) is 0 Å². The number of aliphatic hydroxyl groups is 1. The Morgan fingerprint density at radius 3 is 2.62 bits per heavy atom. The molecule has 3 heterocycles. The third-order valence-corrected chi connectivity index (χ3v) is 9.21. The lowest BCUT2D eigenvalue weighted by Gasteiger charge is -2.38. The third-order valence-electron chi connectivity index (χ3n) is 8.06. The maximum Gasteiger partial charge on any atom is 0.253 e. The summed E-state index contributed by atoms with van der Waals surface area (Å²) in [6, 6.07) is 4.43. The first-order chi connectivity index (χ1) is 18.7. The van der Waals surface area contributed by atoms with Crippen LogP contribution in [0.25, 0.3) is 0 Å². The van der Waals surface area contributed by atoms with Crippen LogP contribution in [-0.4, -0.2) is 88.0 Å². The molecule has 1 aromatic carbocycles. The predicted octanol–water partition coefficient (Wildman–Crippen LogP) is 3.72. The van der Waals surface area contributed by atoms with Crippen LogP contribution in [0, 0.1) is 18.8 Å². The molecule has 3 amide bonds. The van der Waals surface area contributed by atoms with Gasteiger partial charge in [-0.05, 0) is 37.8 Å². The zero-order valence-electron chi connectivity index (χ0n) is 22.5. The number of ether oxygens (including phenoxy) is 1. The fraction of sp³-hybridized carbons (Fsp3) is 0.552. The standard InChI is InChI=1S/C29H37BrClN3O5/c1-5-12-32(13-6-2)26(36)21-22-27(37)34(15-9-16-35)25(29(22)17-19(30)24(21)39-29)28(38)33(14-7-3)23-18(4)10-8-11-20(23)31/h5,7-8,10-11,19,21-22,24-25,35H,1,3,6,9,12-17H2,2,4H3/t19?,21-,22+,24-,25?,29?/m1/s1. The van der Waals surface area contributed by atoms with E-state index in [0.29, 0.717) is 36.6 Å². The summed E-state index contributed by atoms with van der Waals surface area (Å²) < 4.78 is 6.62. The Labute approximate surface area is 243 Å². The number of hydrogen-bond donors (Lipinski definition) is 1. The molecule has 3 aliphatic heterocycles. The summed E-state index contributed by atoms with van der Waals surface area (Å²) in [5.74, 6) is -2.33. The number of rotatable bonds is 12. The van der Waals surface area contributed by atoms with Gasteiger partial charge in [-0.3, -0.25) is 14.4 Å². The molecule has 6 atom stereocenters. The monoisotopic (exact) mass is 621 g/mol. The van der Waals surface area contributed by atoms with Crippen LogP contribution in [0.15, 0.2) is 43.5 Å². The Hall–Kier alpha value is -2.20. The number of amides is 3. The highest BCUT2D eigenvalue weighted by atomic mass is 79.9. The number of carbonyl (C=O) groups is 3. The van der Waals surface area contributed by atoms with Gasteiger partial charge in [-0.15, -0.1) is 13.2 Å². The molecule has 2 bridgehead atoms. The van der Waals surface area contributed by atoms with E-state index in [1.54, 1.807) is 28.0 Å². The molecule has 10 heteroatoms. The van der Waals surface area contributed by atoms with E-state index in [-0.39, 0.29) is 42.2 Å². The van der Waals surface area contributed by atoms with Crippen molar-refractivity contribution in [2.45, 2.75) is 55.7 Å². The van der Waals surface area contributed by atoms with Crippen LogP contribution in [0.3, 0.4) is 0 Å². The Morgan fingerprint density at radius 2 is 2.00 bits per heavy atom. The lowest BCUT2D eigenvalue weighted by molar-refractivity contribution is -0.145. The van der Waals surface area contributed by atoms with E-state index in [0.717, 1.165) is 12.0 Å². The van der Waals surface area contributed by atoms with E-state index in [1.807, 2.05) is 26.0 Å². The van der Waals surface area contributed by atoms with Gasteiger partial charge in [0, 0.05) is 37.6 Å². The van der Waals surface area contributed by atoms with Crippen LogP contribution >= 0.6 is 27.5 Å². The summed E-state index contributed by atoms with van der Waals surface area (Å²) in [5, 5.41) is 10.0. The van der Waals surface area contributed by atoms with Gasteiger partial charge in [0.2, 0.25) is 11.8 Å². The van der Waals surface area contributed by atoms with Gasteiger partial charge in [-0.25, -0.2) is 0 Å². The van der Waals surface area contributed by atoms with Gasteiger partial charge < -0.3 is 24.5 Å². The van der Waals surface area contributed by atoms with Gasteiger partial charge in [-0.1, -0.05) is 58.7 Å². The second-order valence-corrected chi connectivity index (χ2v) is 12.1. The first-order valence-electron chi connectivity index (χ1n) is 13.5. The lowest BCUT2D eigenvalue weighted by Crippen LogP contribution is -2.57. The molecule has 3 fully saturated rings. The van der Waals surface area contributed by atoms with E-state index in [1.165, 1.54) is 4.90 Å². The van der Waals surface area contributed by atoms with Gasteiger partial charge >= 0.3 is 0 Å². The summed E-state index contributed by atoms with van der Waals surface area (Å²) >= 11 is 10.3. The van der Waals surface area contributed by atoms with Crippen molar-refractivity contribution in [1.29, 1.82) is 0 Å². The van der Waals surface area contributed by atoms with Crippen molar-refractivity contribution in [2.24, 2.45) is 11.8 Å². The molecular formula is C29H37BrClN3O5. The fourth-order valence-electron chi connectivity index (χ4n) is 6.63. The molecule has 3 unspecified atom stereocenters. The van der Waals surface area contributed by atoms with Crippen molar-refractivity contribution >= 4 is 50.9 Å². The van der Waals surface area contributed by atoms with Gasteiger partial charge in [0.05, 0.1) is 28.6 Å². The molecule has 1 N–H and O–H groups in total. The predicted molar refractivity (Wildman–Crippen MR) is 155 cm³/mol. The van der Waals surface area contributed by atoms with Crippen LogP contribution in [-0.2, 0) is 19.1 Å². The topological polar surface area (TPSA) is 90.4 Å². The number of hydrogen-bond acceptors (Lipinski definition) is 5. The van der Waals surface area contributed by atoms with Crippen LogP contribution < -0.4 is 4.90 Å². The van der Waals surface area contributed by atoms with E-state index in [2.05, 4.69) is 29.1 Å². The number of halogens is 2. The number of aryl methyl sites for hydroxylation is 1. The van der Waals surface area contributed by atoms with Crippen LogP contribution in [0.1, 0.15) is 31.7 Å². The summed E-state index contributed by atoms with van der Waals surface area (Å²) in [5.41, 5.74) is 0.165. The van der Waals surface area contributed by atoms with Crippen molar-refractivity contribution in [3.05, 3.63) is 54.1 Å². The number of anilines is 1. The normalized spacial score (nSPS) is 28.9. The molecule has 1 spiro atoms. The molecule has 8 nitrogen and oxygen atoms in total. The number of para-hydroxylation sites is 1. The maximum absolute atomic E-state index is 14.6. The van der Waals surface area contributed by atoms with Crippen molar-refractivity contribution < 1.29 is 24.2 Å². The minimum Gasteiger partial charge on any atom is -0.396 e.